The van der Waals surface area contributed by atoms with Gasteiger partial charge in [-0.3, -0.25) is 9.69 Å². The van der Waals surface area contributed by atoms with Crippen LogP contribution in [0.4, 0.5) is 0 Å². The summed E-state index contributed by atoms with van der Waals surface area (Å²) >= 11 is 0. The lowest BCUT2D eigenvalue weighted by atomic mass is 10.4. The molecule has 6 heteroatoms. The largest absolute Gasteiger partial charge is 0.480 e. The zero-order valence-electron chi connectivity index (χ0n) is 9.50. The van der Waals surface area contributed by atoms with Crippen LogP contribution in [0.3, 0.4) is 0 Å². The van der Waals surface area contributed by atoms with Crippen molar-refractivity contribution in [3.63, 3.8) is 0 Å². The predicted molar refractivity (Wildman–Crippen MR) is 59.4 cm³/mol. The van der Waals surface area contributed by atoms with Crippen molar-refractivity contribution in [3.05, 3.63) is 24.4 Å². The van der Waals surface area contributed by atoms with Crippen LogP contribution in [0.5, 0.6) is 0 Å². The molecule has 6 nitrogen and oxygen atoms in total. The van der Waals surface area contributed by atoms with Crippen molar-refractivity contribution in [1.29, 1.82) is 0 Å². The summed E-state index contributed by atoms with van der Waals surface area (Å²) in [7, 11) is 0. The fraction of sp³-hybridized carbons (Fsp3) is 0.545. The van der Waals surface area contributed by atoms with Gasteiger partial charge in [0.2, 0.25) is 5.89 Å². The number of hydrogen-bond acceptors (Lipinski definition) is 5. The molecular formula is C11H15N3O3. The number of carboxylic acid groups (broad SMARTS) is 1. The minimum atomic E-state index is -0.881. The van der Waals surface area contributed by atoms with Crippen LogP contribution in [0.15, 0.2) is 17.2 Å². The standard InChI is InChI=1S/C11H15N3O3/c1-2-5-14(7-10(15)16)6-9-12-11(13-17-9)8-3-4-8/h2,8H,1,3-7H2,(H,15,16). The van der Waals surface area contributed by atoms with Crippen molar-refractivity contribution in [2.75, 3.05) is 13.1 Å². The molecule has 1 heterocycles. The molecule has 92 valence electrons. The van der Waals surface area contributed by atoms with Gasteiger partial charge >= 0.3 is 5.97 Å². The highest BCUT2D eigenvalue weighted by Gasteiger charge is 2.29. The van der Waals surface area contributed by atoms with E-state index < -0.39 is 5.97 Å². The van der Waals surface area contributed by atoms with Crippen LogP contribution < -0.4 is 0 Å². The first-order chi connectivity index (χ1) is 8.19. The van der Waals surface area contributed by atoms with Gasteiger partial charge in [-0.25, -0.2) is 0 Å². The number of aromatic nitrogens is 2. The molecule has 0 bridgehead atoms. The summed E-state index contributed by atoms with van der Waals surface area (Å²) in [5.74, 6) is 0.775. The monoisotopic (exact) mass is 237 g/mol. The molecule has 0 atom stereocenters. The molecule has 1 fully saturated rings. The Bertz CT molecular complexity index is 412. The normalized spacial score (nSPS) is 15.1. The van der Waals surface area contributed by atoms with E-state index in [-0.39, 0.29) is 6.54 Å². The van der Waals surface area contributed by atoms with Crippen molar-refractivity contribution >= 4 is 5.97 Å². The second-order valence-electron chi connectivity index (χ2n) is 4.17. The lowest BCUT2D eigenvalue weighted by molar-refractivity contribution is -0.138. The molecule has 17 heavy (non-hydrogen) atoms. The molecule has 1 N–H and O–H groups in total. The first-order valence-corrected chi connectivity index (χ1v) is 5.56. The van der Waals surface area contributed by atoms with Crippen LogP contribution in [0.1, 0.15) is 30.5 Å². The molecule has 0 unspecified atom stereocenters. The number of rotatable bonds is 7. The van der Waals surface area contributed by atoms with Crippen molar-refractivity contribution in [3.8, 4) is 0 Å². The van der Waals surface area contributed by atoms with Gasteiger partial charge in [0.05, 0.1) is 13.1 Å². The molecule has 1 saturated carbocycles. The number of hydrogen-bond donors (Lipinski definition) is 1. The summed E-state index contributed by atoms with van der Waals surface area (Å²) in [5.41, 5.74) is 0. The first-order valence-electron chi connectivity index (χ1n) is 5.56. The molecule has 0 aromatic carbocycles. The Balaban J connectivity index is 1.94. The molecule has 0 saturated heterocycles. The second-order valence-corrected chi connectivity index (χ2v) is 4.17. The summed E-state index contributed by atoms with van der Waals surface area (Å²) in [5, 5.41) is 12.6. The maximum atomic E-state index is 10.7. The van der Waals surface area contributed by atoms with Crippen LogP contribution in [0, 0.1) is 0 Å². The zero-order chi connectivity index (χ0) is 12.3. The summed E-state index contributed by atoms with van der Waals surface area (Å²) in [4.78, 5) is 16.6. The highest BCUT2D eigenvalue weighted by atomic mass is 16.5. The molecule has 2 rings (SSSR count). The Morgan fingerprint density at radius 1 is 1.65 bits per heavy atom. The van der Waals surface area contributed by atoms with Crippen molar-refractivity contribution < 1.29 is 14.4 Å². The third-order valence-electron chi connectivity index (χ3n) is 2.53. The van der Waals surface area contributed by atoms with E-state index in [1.807, 2.05) is 0 Å². The molecule has 0 aliphatic heterocycles. The Morgan fingerprint density at radius 2 is 2.41 bits per heavy atom. The quantitative estimate of drug-likeness (QED) is 0.713. The van der Waals surface area contributed by atoms with Gasteiger partial charge in [-0.15, -0.1) is 6.58 Å². The van der Waals surface area contributed by atoms with Gasteiger partial charge in [-0.2, -0.15) is 4.98 Å². The van der Waals surface area contributed by atoms with E-state index in [1.54, 1.807) is 11.0 Å². The van der Waals surface area contributed by atoms with Gasteiger partial charge in [-0.1, -0.05) is 11.2 Å². The topological polar surface area (TPSA) is 79.5 Å². The van der Waals surface area contributed by atoms with Crippen LogP contribution >= 0.6 is 0 Å². The minimum Gasteiger partial charge on any atom is -0.480 e. The molecule has 0 amide bonds. The lowest BCUT2D eigenvalue weighted by Gasteiger charge is -2.15. The third kappa shape index (κ3) is 3.39. The minimum absolute atomic E-state index is 0.0623. The number of aliphatic carboxylic acids is 1. The highest BCUT2D eigenvalue weighted by molar-refractivity contribution is 5.69. The Kier molecular flexibility index (Phi) is 3.53. The van der Waals surface area contributed by atoms with Crippen LogP contribution in [0.25, 0.3) is 0 Å². The van der Waals surface area contributed by atoms with Crippen molar-refractivity contribution in [1.82, 2.24) is 15.0 Å². The van der Waals surface area contributed by atoms with Gasteiger partial charge in [-0.05, 0) is 12.8 Å². The van der Waals surface area contributed by atoms with E-state index in [2.05, 4.69) is 16.7 Å². The summed E-state index contributed by atoms with van der Waals surface area (Å²) in [6, 6.07) is 0. The zero-order valence-corrected chi connectivity index (χ0v) is 9.50. The SMILES string of the molecule is C=CCN(CC(=O)O)Cc1nc(C2CC2)no1. The van der Waals surface area contributed by atoms with E-state index >= 15 is 0 Å². The maximum absolute atomic E-state index is 10.7. The molecule has 0 radical (unpaired) electrons. The number of carboxylic acids is 1. The second kappa shape index (κ2) is 5.09. The van der Waals surface area contributed by atoms with Crippen LogP contribution in [0.2, 0.25) is 0 Å². The molecule has 0 spiro atoms. The predicted octanol–water partition coefficient (Wildman–Crippen LogP) is 1.02. The fourth-order valence-corrected chi connectivity index (χ4v) is 1.59. The van der Waals surface area contributed by atoms with E-state index in [1.165, 1.54) is 0 Å². The highest BCUT2D eigenvalue weighted by Crippen LogP contribution is 2.38. The van der Waals surface area contributed by atoms with E-state index in [0.29, 0.717) is 24.9 Å². The van der Waals surface area contributed by atoms with Gasteiger partial charge < -0.3 is 9.63 Å². The van der Waals surface area contributed by atoms with Crippen LogP contribution in [-0.2, 0) is 11.3 Å². The average Bonchev–Trinajstić information content (AvgIpc) is 3.00. The summed E-state index contributed by atoms with van der Waals surface area (Å²) in [6.45, 7) is 4.35. The first kappa shape index (κ1) is 11.8. The summed E-state index contributed by atoms with van der Waals surface area (Å²) in [6.07, 6.45) is 3.88. The van der Waals surface area contributed by atoms with Gasteiger partial charge in [0, 0.05) is 12.5 Å². The summed E-state index contributed by atoms with van der Waals surface area (Å²) < 4.78 is 5.09. The Morgan fingerprint density at radius 3 is 3.00 bits per heavy atom. The lowest BCUT2D eigenvalue weighted by Crippen LogP contribution is -2.29. The van der Waals surface area contributed by atoms with Gasteiger partial charge in [0.15, 0.2) is 5.82 Å². The van der Waals surface area contributed by atoms with Gasteiger partial charge in [0.1, 0.15) is 0 Å². The maximum Gasteiger partial charge on any atom is 0.317 e. The molecule has 1 aliphatic rings. The molecule has 1 aromatic heterocycles. The average molecular weight is 237 g/mol. The fourth-order valence-electron chi connectivity index (χ4n) is 1.59. The van der Waals surface area contributed by atoms with Crippen LogP contribution in [-0.4, -0.2) is 39.2 Å². The Labute approximate surface area is 98.9 Å². The molecule has 1 aromatic rings. The van der Waals surface area contributed by atoms with Crippen molar-refractivity contribution in [2.45, 2.75) is 25.3 Å². The Hall–Kier alpha value is -1.69. The molecule has 1 aliphatic carbocycles. The van der Waals surface area contributed by atoms with Gasteiger partial charge in [0.25, 0.3) is 0 Å². The number of nitrogens with zero attached hydrogens (tertiary/aromatic N) is 3. The van der Waals surface area contributed by atoms with E-state index in [4.69, 9.17) is 9.63 Å². The molecular weight excluding hydrogens is 222 g/mol. The number of carbonyl (C=O) groups is 1. The van der Waals surface area contributed by atoms with Crippen molar-refractivity contribution in [2.24, 2.45) is 0 Å². The van der Waals surface area contributed by atoms with E-state index in [0.717, 1.165) is 18.7 Å². The van der Waals surface area contributed by atoms with E-state index in [9.17, 15) is 4.79 Å². The third-order valence-corrected chi connectivity index (χ3v) is 2.53. The smallest absolute Gasteiger partial charge is 0.317 e.